The van der Waals surface area contributed by atoms with Crippen LogP contribution < -0.4 is 5.32 Å². The smallest absolute Gasteiger partial charge is 0.123 e. The predicted octanol–water partition coefficient (Wildman–Crippen LogP) is 3.91. The summed E-state index contributed by atoms with van der Waals surface area (Å²) in [6, 6.07) is 6.79. The van der Waals surface area contributed by atoms with Crippen molar-refractivity contribution < 1.29 is 9.50 Å². The quantitative estimate of drug-likeness (QED) is 0.828. The van der Waals surface area contributed by atoms with Gasteiger partial charge in [0.05, 0.1) is 0 Å². The number of rotatable bonds is 6. The molecular formula is C17H28FNO. The summed E-state index contributed by atoms with van der Waals surface area (Å²) in [4.78, 5) is 0. The summed E-state index contributed by atoms with van der Waals surface area (Å²) < 4.78 is 13.1. The van der Waals surface area contributed by atoms with E-state index in [1.807, 2.05) is 12.1 Å². The Morgan fingerprint density at radius 1 is 1.15 bits per heavy atom. The standard InChI is InChI=1S/C17H28FNO/c1-6-17(5,12-20)11-19-15(16(2,3)4)13-7-9-14(18)10-8-13/h7-10,15,19-20H,6,11-12H2,1-5H3. The molecule has 0 bridgehead atoms. The van der Waals surface area contributed by atoms with Crippen LogP contribution in [0, 0.1) is 16.6 Å². The molecule has 0 amide bonds. The third kappa shape index (κ3) is 4.57. The number of halogens is 1. The van der Waals surface area contributed by atoms with Gasteiger partial charge < -0.3 is 10.4 Å². The van der Waals surface area contributed by atoms with Crippen LogP contribution in [0.4, 0.5) is 4.39 Å². The molecule has 0 spiro atoms. The molecule has 0 radical (unpaired) electrons. The molecule has 1 rings (SSSR count). The van der Waals surface area contributed by atoms with Crippen molar-refractivity contribution in [3.63, 3.8) is 0 Å². The van der Waals surface area contributed by atoms with Gasteiger partial charge in [0, 0.05) is 24.6 Å². The van der Waals surface area contributed by atoms with Crippen molar-refractivity contribution in [1.29, 1.82) is 0 Å². The van der Waals surface area contributed by atoms with E-state index in [9.17, 15) is 9.50 Å². The zero-order chi connectivity index (χ0) is 15.4. The van der Waals surface area contributed by atoms with Gasteiger partial charge in [-0.05, 0) is 29.5 Å². The maximum Gasteiger partial charge on any atom is 0.123 e. The summed E-state index contributed by atoms with van der Waals surface area (Å²) in [5.41, 5.74) is 0.973. The molecule has 0 aliphatic heterocycles. The maximum absolute atomic E-state index is 13.1. The van der Waals surface area contributed by atoms with Gasteiger partial charge in [-0.3, -0.25) is 0 Å². The van der Waals surface area contributed by atoms with Gasteiger partial charge >= 0.3 is 0 Å². The largest absolute Gasteiger partial charge is 0.396 e. The Labute approximate surface area is 122 Å². The predicted molar refractivity (Wildman–Crippen MR) is 82.1 cm³/mol. The van der Waals surface area contributed by atoms with Gasteiger partial charge in [0.1, 0.15) is 5.82 Å². The lowest BCUT2D eigenvalue weighted by molar-refractivity contribution is 0.122. The van der Waals surface area contributed by atoms with Crippen LogP contribution in [-0.2, 0) is 0 Å². The van der Waals surface area contributed by atoms with Crippen LogP contribution in [0.15, 0.2) is 24.3 Å². The fourth-order valence-corrected chi connectivity index (χ4v) is 2.22. The fourth-order valence-electron chi connectivity index (χ4n) is 2.22. The molecular weight excluding hydrogens is 253 g/mol. The molecule has 2 unspecified atom stereocenters. The van der Waals surface area contributed by atoms with E-state index in [-0.39, 0.29) is 29.3 Å². The monoisotopic (exact) mass is 281 g/mol. The Bertz CT molecular complexity index is 404. The molecule has 0 fully saturated rings. The van der Waals surface area contributed by atoms with Crippen molar-refractivity contribution in [3.05, 3.63) is 35.6 Å². The third-order valence-electron chi connectivity index (χ3n) is 4.04. The lowest BCUT2D eigenvalue weighted by Crippen LogP contribution is -2.40. The van der Waals surface area contributed by atoms with Crippen LogP contribution in [0.1, 0.15) is 52.6 Å². The number of benzene rings is 1. The minimum Gasteiger partial charge on any atom is -0.396 e. The topological polar surface area (TPSA) is 32.3 Å². The molecule has 0 saturated heterocycles. The Morgan fingerprint density at radius 3 is 2.10 bits per heavy atom. The summed E-state index contributed by atoms with van der Waals surface area (Å²) >= 11 is 0. The van der Waals surface area contributed by atoms with Crippen LogP contribution in [0.3, 0.4) is 0 Å². The van der Waals surface area contributed by atoms with Crippen LogP contribution in [0.2, 0.25) is 0 Å². The highest BCUT2D eigenvalue weighted by Crippen LogP contribution is 2.34. The molecule has 0 heterocycles. The van der Waals surface area contributed by atoms with E-state index in [1.54, 1.807) is 0 Å². The lowest BCUT2D eigenvalue weighted by Gasteiger charge is -2.36. The summed E-state index contributed by atoms with van der Waals surface area (Å²) in [6.07, 6.45) is 0.913. The first kappa shape index (κ1) is 17.1. The van der Waals surface area contributed by atoms with Crippen LogP contribution in [0.25, 0.3) is 0 Å². The fraction of sp³-hybridized carbons (Fsp3) is 0.647. The molecule has 3 heteroatoms. The minimum absolute atomic E-state index is 0.0158. The molecule has 0 aliphatic rings. The molecule has 20 heavy (non-hydrogen) atoms. The molecule has 1 aromatic carbocycles. The molecule has 0 aliphatic carbocycles. The number of aliphatic hydroxyl groups is 1. The van der Waals surface area contributed by atoms with Crippen LogP contribution in [0.5, 0.6) is 0 Å². The first-order valence-electron chi connectivity index (χ1n) is 7.31. The first-order chi connectivity index (χ1) is 9.22. The highest BCUT2D eigenvalue weighted by Gasteiger charge is 2.29. The van der Waals surface area contributed by atoms with Crippen molar-refractivity contribution >= 4 is 0 Å². The Hall–Kier alpha value is -0.930. The molecule has 1 aromatic rings. The molecule has 2 atom stereocenters. The van der Waals surface area contributed by atoms with Crippen molar-refractivity contribution in [1.82, 2.24) is 5.32 Å². The van der Waals surface area contributed by atoms with Crippen molar-refractivity contribution in [2.45, 2.75) is 47.1 Å². The maximum atomic E-state index is 13.1. The number of hydrogen-bond acceptors (Lipinski definition) is 2. The SMILES string of the molecule is CCC(C)(CO)CNC(c1ccc(F)cc1)C(C)(C)C. The summed E-state index contributed by atoms with van der Waals surface area (Å²) in [7, 11) is 0. The van der Waals surface area contributed by atoms with E-state index in [0.29, 0.717) is 0 Å². The van der Waals surface area contributed by atoms with Crippen molar-refractivity contribution in [2.24, 2.45) is 10.8 Å². The normalized spacial score (nSPS) is 16.8. The van der Waals surface area contributed by atoms with E-state index in [2.05, 4.69) is 39.9 Å². The first-order valence-corrected chi connectivity index (χ1v) is 7.31. The summed E-state index contributed by atoms with van der Waals surface area (Å²) in [6.45, 7) is 11.5. The Morgan fingerprint density at radius 2 is 1.70 bits per heavy atom. The number of aliphatic hydroxyl groups excluding tert-OH is 1. The molecule has 2 N–H and O–H groups in total. The molecule has 0 saturated carbocycles. The lowest BCUT2D eigenvalue weighted by atomic mass is 9.81. The highest BCUT2D eigenvalue weighted by molar-refractivity contribution is 5.21. The average molecular weight is 281 g/mol. The van der Waals surface area contributed by atoms with Crippen LogP contribution >= 0.6 is 0 Å². The third-order valence-corrected chi connectivity index (χ3v) is 4.04. The Balaban J connectivity index is 2.89. The van der Waals surface area contributed by atoms with E-state index in [4.69, 9.17) is 0 Å². The average Bonchev–Trinajstić information content (AvgIpc) is 2.39. The van der Waals surface area contributed by atoms with E-state index >= 15 is 0 Å². The molecule has 0 aromatic heterocycles. The van der Waals surface area contributed by atoms with Gasteiger partial charge in [-0.1, -0.05) is 46.8 Å². The van der Waals surface area contributed by atoms with Gasteiger partial charge in [-0.2, -0.15) is 0 Å². The minimum atomic E-state index is -0.213. The zero-order valence-corrected chi connectivity index (χ0v) is 13.3. The van der Waals surface area contributed by atoms with Crippen molar-refractivity contribution in [3.8, 4) is 0 Å². The molecule has 114 valence electrons. The van der Waals surface area contributed by atoms with Gasteiger partial charge in [0.2, 0.25) is 0 Å². The van der Waals surface area contributed by atoms with Gasteiger partial charge in [0.25, 0.3) is 0 Å². The second-order valence-corrected chi connectivity index (χ2v) is 7.05. The number of nitrogens with one attached hydrogen (secondary N) is 1. The second-order valence-electron chi connectivity index (χ2n) is 7.05. The second kappa shape index (κ2) is 6.68. The van der Waals surface area contributed by atoms with E-state index < -0.39 is 0 Å². The number of hydrogen-bond donors (Lipinski definition) is 2. The van der Waals surface area contributed by atoms with Gasteiger partial charge in [-0.25, -0.2) is 4.39 Å². The van der Waals surface area contributed by atoms with Gasteiger partial charge in [-0.15, -0.1) is 0 Å². The Kier molecular flexibility index (Phi) is 5.72. The zero-order valence-electron chi connectivity index (χ0n) is 13.3. The molecule has 2 nitrogen and oxygen atoms in total. The van der Waals surface area contributed by atoms with Crippen molar-refractivity contribution in [2.75, 3.05) is 13.2 Å². The van der Waals surface area contributed by atoms with E-state index in [1.165, 1.54) is 12.1 Å². The summed E-state index contributed by atoms with van der Waals surface area (Å²) in [5.74, 6) is -0.213. The highest BCUT2D eigenvalue weighted by atomic mass is 19.1. The van der Waals surface area contributed by atoms with E-state index in [0.717, 1.165) is 18.5 Å². The summed E-state index contributed by atoms with van der Waals surface area (Å²) in [5, 5.41) is 13.1. The van der Waals surface area contributed by atoms with Crippen LogP contribution in [-0.4, -0.2) is 18.3 Å². The van der Waals surface area contributed by atoms with Gasteiger partial charge in [0.15, 0.2) is 0 Å².